The standard InChI is InChI=1S/C12H12N2O3S/c1-7(15)6-10(16)12(11(13)17)14-8-4-2-3-5-9(8)18-12/h2-5,14H,6H2,1H3,(H2,13,17). The number of amides is 1. The molecule has 0 saturated heterocycles. The van der Waals surface area contributed by atoms with Crippen molar-refractivity contribution in [3.8, 4) is 0 Å². The molecule has 94 valence electrons. The lowest BCUT2D eigenvalue weighted by Gasteiger charge is -2.23. The lowest BCUT2D eigenvalue weighted by atomic mass is 10.1. The number of hydrogen-bond acceptors (Lipinski definition) is 5. The highest BCUT2D eigenvalue weighted by atomic mass is 32.2. The number of para-hydroxylation sites is 1. The number of thioether (sulfide) groups is 1. The smallest absolute Gasteiger partial charge is 0.261 e. The van der Waals surface area contributed by atoms with Crippen LogP contribution in [0.2, 0.25) is 0 Å². The van der Waals surface area contributed by atoms with Crippen molar-refractivity contribution in [3.63, 3.8) is 0 Å². The van der Waals surface area contributed by atoms with E-state index < -0.39 is 16.6 Å². The quantitative estimate of drug-likeness (QED) is 0.790. The van der Waals surface area contributed by atoms with Crippen molar-refractivity contribution in [1.29, 1.82) is 0 Å². The minimum atomic E-state index is -1.56. The zero-order valence-electron chi connectivity index (χ0n) is 9.73. The maximum Gasteiger partial charge on any atom is 0.261 e. The van der Waals surface area contributed by atoms with Gasteiger partial charge in [-0.25, -0.2) is 0 Å². The van der Waals surface area contributed by atoms with Gasteiger partial charge < -0.3 is 11.1 Å². The molecule has 1 unspecified atom stereocenters. The molecule has 1 heterocycles. The largest absolute Gasteiger partial charge is 0.366 e. The molecule has 0 fully saturated rings. The van der Waals surface area contributed by atoms with Crippen molar-refractivity contribution in [1.82, 2.24) is 0 Å². The Kier molecular flexibility index (Phi) is 3.13. The first-order chi connectivity index (χ1) is 8.45. The van der Waals surface area contributed by atoms with Crippen molar-refractivity contribution >= 4 is 34.9 Å². The number of benzene rings is 1. The fraction of sp³-hybridized carbons (Fsp3) is 0.250. The van der Waals surface area contributed by atoms with E-state index >= 15 is 0 Å². The fourth-order valence-electron chi connectivity index (χ4n) is 1.77. The molecular weight excluding hydrogens is 252 g/mol. The van der Waals surface area contributed by atoms with E-state index in [1.54, 1.807) is 24.3 Å². The lowest BCUT2D eigenvalue weighted by molar-refractivity contribution is -0.131. The Balaban J connectivity index is 2.36. The average molecular weight is 264 g/mol. The SMILES string of the molecule is CC(=O)CC(=O)C1(C(N)=O)Nc2ccccc2S1. The molecule has 1 amide bonds. The number of rotatable bonds is 4. The van der Waals surface area contributed by atoms with Crippen LogP contribution in [0.4, 0.5) is 5.69 Å². The van der Waals surface area contributed by atoms with Crippen molar-refractivity contribution in [2.24, 2.45) is 5.73 Å². The van der Waals surface area contributed by atoms with Gasteiger partial charge in [0, 0.05) is 10.6 Å². The summed E-state index contributed by atoms with van der Waals surface area (Å²) in [4.78, 5) is 34.0. The van der Waals surface area contributed by atoms with Gasteiger partial charge in [0.2, 0.25) is 4.87 Å². The average Bonchev–Trinajstić information content (AvgIpc) is 2.68. The summed E-state index contributed by atoms with van der Waals surface area (Å²) < 4.78 is 0. The molecule has 0 bridgehead atoms. The molecule has 1 aromatic rings. The number of Topliss-reactive ketones (excluding diaryl/α,β-unsaturated/α-hetero) is 2. The first-order valence-electron chi connectivity index (χ1n) is 5.34. The van der Waals surface area contributed by atoms with Gasteiger partial charge in [-0.3, -0.25) is 14.4 Å². The van der Waals surface area contributed by atoms with E-state index in [1.165, 1.54) is 6.92 Å². The number of fused-ring (bicyclic) bond motifs is 1. The summed E-state index contributed by atoms with van der Waals surface area (Å²) in [6.45, 7) is 1.30. The van der Waals surface area contributed by atoms with Crippen LogP contribution in [0.3, 0.4) is 0 Å². The molecule has 0 aromatic heterocycles. The van der Waals surface area contributed by atoms with Crippen LogP contribution in [0.1, 0.15) is 13.3 Å². The summed E-state index contributed by atoms with van der Waals surface area (Å²) in [5.74, 6) is -1.59. The summed E-state index contributed by atoms with van der Waals surface area (Å²) in [7, 11) is 0. The van der Waals surface area contributed by atoms with E-state index in [-0.39, 0.29) is 12.2 Å². The van der Waals surface area contributed by atoms with Crippen LogP contribution < -0.4 is 11.1 Å². The predicted octanol–water partition coefficient (Wildman–Crippen LogP) is 0.934. The maximum absolute atomic E-state index is 12.1. The number of hydrogen-bond donors (Lipinski definition) is 2. The van der Waals surface area contributed by atoms with E-state index in [2.05, 4.69) is 5.32 Å². The maximum atomic E-state index is 12.1. The first-order valence-corrected chi connectivity index (χ1v) is 6.16. The van der Waals surface area contributed by atoms with E-state index in [0.717, 1.165) is 16.7 Å². The van der Waals surface area contributed by atoms with Crippen LogP contribution in [0.15, 0.2) is 29.2 Å². The van der Waals surface area contributed by atoms with Crippen molar-refractivity contribution < 1.29 is 14.4 Å². The van der Waals surface area contributed by atoms with Crippen LogP contribution in [0.25, 0.3) is 0 Å². The van der Waals surface area contributed by atoms with Gasteiger partial charge in [-0.2, -0.15) is 0 Å². The normalized spacial score (nSPS) is 20.9. The molecule has 3 N–H and O–H groups in total. The Morgan fingerprint density at radius 1 is 1.33 bits per heavy atom. The second kappa shape index (κ2) is 4.45. The molecule has 1 aliphatic heterocycles. The fourth-order valence-corrected chi connectivity index (χ4v) is 2.92. The molecule has 1 aliphatic rings. The van der Waals surface area contributed by atoms with Crippen LogP contribution in [-0.2, 0) is 14.4 Å². The van der Waals surface area contributed by atoms with Gasteiger partial charge in [0.1, 0.15) is 5.78 Å². The number of carbonyl (C=O) groups is 3. The van der Waals surface area contributed by atoms with Crippen molar-refractivity contribution in [2.45, 2.75) is 23.1 Å². The Labute approximate surface area is 108 Å². The van der Waals surface area contributed by atoms with Crippen molar-refractivity contribution in [3.05, 3.63) is 24.3 Å². The van der Waals surface area contributed by atoms with Gasteiger partial charge in [-0.15, -0.1) is 0 Å². The molecular formula is C12H12N2O3S. The Hall–Kier alpha value is -1.82. The monoisotopic (exact) mass is 264 g/mol. The Morgan fingerprint density at radius 2 is 2.00 bits per heavy atom. The van der Waals surface area contributed by atoms with Crippen LogP contribution >= 0.6 is 11.8 Å². The highest BCUT2D eigenvalue weighted by Gasteiger charge is 2.49. The summed E-state index contributed by atoms with van der Waals surface area (Å²) in [5.41, 5.74) is 6.01. The minimum Gasteiger partial charge on any atom is -0.366 e. The van der Waals surface area contributed by atoms with Gasteiger partial charge in [0.15, 0.2) is 5.78 Å². The molecule has 0 radical (unpaired) electrons. The van der Waals surface area contributed by atoms with E-state index in [0.29, 0.717) is 5.69 Å². The zero-order chi connectivity index (χ0) is 13.3. The predicted molar refractivity (Wildman–Crippen MR) is 68.2 cm³/mol. The second-order valence-corrected chi connectivity index (χ2v) is 5.33. The van der Waals surface area contributed by atoms with Gasteiger partial charge in [-0.1, -0.05) is 23.9 Å². The Bertz CT molecular complexity index is 517. The molecule has 1 atom stereocenters. The number of primary amides is 1. The third-order valence-electron chi connectivity index (χ3n) is 2.61. The molecule has 0 aliphatic carbocycles. The summed E-state index contributed by atoms with van der Waals surface area (Å²) >= 11 is 1.05. The number of anilines is 1. The van der Waals surface area contributed by atoms with E-state index in [9.17, 15) is 14.4 Å². The highest BCUT2D eigenvalue weighted by Crippen LogP contribution is 2.46. The molecule has 0 saturated carbocycles. The molecule has 1 aromatic carbocycles. The highest BCUT2D eigenvalue weighted by molar-refractivity contribution is 8.02. The molecule has 2 rings (SSSR count). The van der Waals surface area contributed by atoms with Crippen molar-refractivity contribution in [2.75, 3.05) is 5.32 Å². The molecule has 6 heteroatoms. The lowest BCUT2D eigenvalue weighted by Crippen LogP contribution is -2.52. The summed E-state index contributed by atoms with van der Waals surface area (Å²) in [6.07, 6.45) is -0.309. The minimum absolute atomic E-state index is 0.293. The topological polar surface area (TPSA) is 89.3 Å². The Morgan fingerprint density at radius 3 is 2.56 bits per heavy atom. The number of carbonyl (C=O) groups excluding carboxylic acids is 3. The first kappa shape index (κ1) is 12.6. The van der Waals surface area contributed by atoms with Gasteiger partial charge >= 0.3 is 0 Å². The van der Waals surface area contributed by atoms with E-state index in [4.69, 9.17) is 5.73 Å². The zero-order valence-corrected chi connectivity index (χ0v) is 10.5. The van der Waals surface area contributed by atoms with Crippen LogP contribution in [-0.4, -0.2) is 22.3 Å². The third-order valence-corrected chi connectivity index (χ3v) is 4.02. The van der Waals surface area contributed by atoms with Crippen LogP contribution in [0.5, 0.6) is 0 Å². The van der Waals surface area contributed by atoms with Crippen LogP contribution in [0, 0.1) is 0 Å². The molecule has 0 spiro atoms. The summed E-state index contributed by atoms with van der Waals surface area (Å²) in [5, 5.41) is 2.84. The van der Waals surface area contributed by atoms with Gasteiger partial charge in [0.25, 0.3) is 5.91 Å². The molecule has 18 heavy (non-hydrogen) atoms. The van der Waals surface area contributed by atoms with E-state index in [1.807, 2.05) is 0 Å². The number of nitrogens with two attached hydrogens (primary N) is 1. The van der Waals surface area contributed by atoms with Gasteiger partial charge in [0.05, 0.1) is 6.42 Å². The second-order valence-electron chi connectivity index (χ2n) is 4.07. The third kappa shape index (κ3) is 1.99. The molecule has 5 nitrogen and oxygen atoms in total. The van der Waals surface area contributed by atoms with Gasteiger partial charge in [-0.05, 0) is 19.1 Å². The summed E-state index contributed by atoms with van der Waals surface area (Å²) in [6, 6.07) is 7.14. The number of ketones is 2. The number of nitrogens with one attached hydrogen (secondary N) is 1.